The highest BCUT2D eigenvalue weighted by molar-refractivity contribution is 7.89. The molecule has 1 amide bonds. The van der Waals surface area contributed by atoms with Gasteiger partial charge in [0.25, 0.3) is 5.91 Å². The second kappa shape index (κ2) is 9.17. The number of hydrogen-bond acceptors (Lipinski definition) is 4. The lowest BCUT2D eigenvalue weighted by Crippen LogP contribution is -2.44. The number of carbonyl (C=O) groups excluding carboxylic acids is 1. The van der Waals surface area contributed by atoms with Gasteiger partial charge in [-0.1, -0.05) is 46.2 Å². The van der Waals surface area contributed by atoms with E-state index in [2.05, 4.69) is 5.32 Å². The number of sulfonamides is 1. The van der Waals surface area contributed by atoms with E-state index in [1.54, 1.807) is 13.8 Å². The lowest BCUT2D eigenvalue weighted by Gasteiger charge is -2.31. The molecule has 0 radical (unpaired) electrons. The molecule has 0 bridgehead atoms. The summed E-state index contributed by atoms with van der Waals surface area (Å²) in [6.07, 6.45) is 0.410. The van der Waals surface area contributed by atoms with Crippen LogP contribution >= 0.6 is 11.6 Å². The maximum Gasteiger partial charge on any atom is 0.251 e. The summed E-state index contributed by atoms with van der Waals surface area (Å²) in [5, 5.41) is 12.2. The summed E-state index contributed by atoms with van der Waals surface area (Å²) in [5.74, 6) is -0.397. The van der Waals surface area contributed by atoms with Crippen LogP contribution in [0.15, 0.2) is 23.1 Å². The summed E-state index contributed by atoms with van der Waals surface area (Å²) >= 11 is 6.10. The largest absolute Gasteiger partial charge is 0.396 e. The van der Waals surface area contributed by atoms with E-state index < -0.39 is 15.9 Å². The Hall–Kier alpha value is -1.15. The molecule has 0 saturated carbocycles. The highest BCUT2D eigenvalue weighted by Crippen LogP contribution is 2.27. The van der Waals surface area contributed by atoms with Crippen LogP contribution in [0.2, 0.25) is 5.02 Å². The first kappa shape index (κ1) is 22.9. The number of nitrogens with one attached hydrogen (secondary N) is 1. The van der Waals surface area contributed by atoms with Crippen LogP contribution in [0.4, 0.5) is 0 Å². The predicted octanol–water partition coefficient (Wildman–Crippen LogP) is 2.90. The predicted molar refractivity (Wildman–Crippen MR) is 104 cm³/mol. The van der Waals surface area contributed by atoms with Crippen molar-refractivity contribution >= 4 is 27.5 Å². The molecule has 0 fully saturated rings. The molecule has 26 heavy (non-hydrogen) atoms. The zero-order chi connectivity index (χ0) is 20.1. The minimum absolute atomic E-state index is 0.0512. The standard InChI is InChI=1S/C18H29ClN2O4S/c1-6-21(7-2)26(24,25)15-12-13(8-9-14(15)19)17(23)20-16(10-11-22)18(3,4)5/h8-9,12,16,22H,6-7,10-11H2,1-5H3,(H,20,23). The van der Waals surface area contributed by atoms with Gasteiger partial charge in [0, 0.05) is 31.3 Å². The van der Waals surface area contributed by atoms with Crippen molar-refractivity contribution in [3.63, 3.8) is 0 Å². The average molecular weight is 405 g/mol. The zero-order valence-corrected chi connectivity index (χ0v) is 17.6. The van der Waals surface area contributed by atoms with Crippen LogP contribution in [-0.2, 0) is 10.0 Å². The van der Waals surface area contributed by atoms with Gasteiger partial charge in [-0.25, -0.2) is 8.42 Å². The second-order valence-electron chi connectivity index (χ2n) is 7.14. The minimum Gasteiger partial charge on any atom is -0.396 e. The van der Waals surface area contributed by atoms with Crippen LogP contribution < -0.4 is 5.32 Å². The first-order valence-corrected chi connectivity index (χ1v) is 10.5. The summed E-state index contributed by atoms with van der Waals surface area (Å²) in [6, 6.07) is 3.98. The Morgan fingerprint density at radius 2 is 1.85 bits per heavy atom. The lowest BCUT2D eigenvalue weighted by atomic mass is 9.85. The van der Waals surface area contributed by atoms with Crippen molar-refractivity contribution in [1.29, 1.82) is 0 Å². The van der Waals surface area contributed by atoms with Crippen molar-refractivity contribution in [2.45, 2.75) is 52.0 Å². The molecule has 148 valence electrons. The fourth-order valence-corrected chi connectivity index (χ4v) is 4.60. The van der Waals surface area contributed by atoms with Crippen molar-refractivity contribution < 1.29 is 18.3 Å². The first-order valence-electron chi connectivity index (χ1n) is 8.70. The summed E-state index contributed by atoms with van der Waals surface area (Å²) in [6.45, 7) is 9.96. The number of halogens is 1. The third kappa shape index (κ3) is 5.42. The van der Waals surface area contributed by atoms with Crippen LogP contribution in [-0.4, -0.2) is 49.5 Å². The summed E-state index contributed by atoms with van der Waals surface area (Å²) in [4.78, 5) is 12.6. The van der Waals surface area contributed by atoms with Crippen LogP contribution in [0.5, 0.6) is 0 Å². The highest BCUT2D eigenvalue weighted by atomic mass is 35.5. The number of aliphatic hydroxyl groups is 1. The first-order chi connectivity index (χ1) is 12.0. The SMILES string of the molecule is CCN(CC)S(=O)(=O)c1cc(C(=O)NC(CCO)C(C)(C)C)ccc1Cl. The molecule has 6 nitrogen and oxygen atoms in total. The molecule has 0 aliphatic heterocycles. The van der Waals surface area contributed by atoms with Gasteiger partial charge < -0.3 is 10.4 Å². The molecule has 1 aromatic carbocycles. The van der Waals surface area contributed by atoms with Gasteiger partial charge in [0.2, 0.25) is 10.0 Å². The van der Waals surface area contributed by atoms with Gasteiger partial charge in [-0.15, -0.1) is 0 Å². The van der Waals surface area contributed by atoms with E-state index in [1.807, 2.05) is 20.8 Å². The quantitative estimate of drug-likeness (QED) is 0.697. The van der Waals surface area contributed by atoms with Gasteiger partial charge in [0.1, 0.15) is 4.90 Å². The number of carbonyl (C=O) groups is 1. The third-order valence-electron chi connectivity index (χ3n) is 4.29. The lowest BCUT2D eigenvalue weighted by molar-refractivity contribution is 0.0885. The minimum atomic E-state index is -3.77. The number of rotatable bonds is 8. The number of amides is 1. The van der Waals surface area contributed by atoms with Crippen LogP contribution in [0.1, 0.15) is 51.4 Å². The summed E-state index contributed by atoms with van der Waals surface area (Å²) < 4.78 is 26.8. The molecule has 1 unspecified atom stereocenters. The Morgan fingerprint density at radius 3 is 2.31 bits per heavy atom. The molecule has 1 rings (SSSR count). The van der Waals surface area contributed by atoms with E-state index in [9.17, 15) is 18.3 Å². The van der Waals surface area contributed by atoms with Crippen molar-refractivity contribution in [3.05, 3.63) is 28.8 Å². The zero-order valence-electron chi connectivity index (χ0n) is 16.0. The fourth-order valence-electron chi connectivity index (χ4n) is 2.64. The molecule has 0 heterocycles. The van der Waals surface area contributed by atoms with E-state index in [4.69, 9.17) is 11.6 Å². The van der Waals surface area contributed by atoms with E-state index in [-0.39, 0.29) is 33.5 Å². The molecular weight excluding hydrogens is 376 g/mol. The van der Waals surface area contributed by atoms with Gasteiger partial charge in [-0.3, -0.25) is 4.79 Å². The smallest absolute Gasteiger partial charge is 0.251 e. The summed E-state index contributed by atoms with van der Waals surface area (Å²) in [5.41, 5.74) is -0.0340. The summed E-state index contributed by atoms with van der Waals surface area (Å²) in [7, 11) is -3.77. The number of benzene rings is 1. The number of aliphatic hydroxyl groups excluding tert-OH is 1. The van der Waals surface area contributed by atoms with E-state index in [0.29, 0.717) is 19.5 Å². The number of hydrogen-bond donors (Lipinski definition) is 2. The van der Waals surface area contributed by atoms with Gasteiger partial charge in [0.15, 0.2) is 0 Å². The third-order valence-corrected chi connectivity index (χ3v) is 6.82. The molecule has 0 saturated heterocycles. The Labute approximate surface area is 161 Å². The molecule has 1 aromatic rings. The van der Waals surface area contributed by atoms with Crippen molar-refractivity contribution in [2.75, 3.05) is 19.7 Å². The van der Waals surface area contributed by atoms with Gasteiger partial charge in [-0.05, 0) is 30.0 Å². The molecule has 0 spiro atoms. The van der Waals surface area contributed by atoms with Gasteiger partial charge in [-0.2, -0.15) is 4.31 Å². The molecule has 2 N–H and O–H groups in total. The molecule has 0 aliphatic carbocycles. The Bertz CT molecular complexity index is 725. The maximum atomic E-state index is 12.8. The Morgan fingerprint density at radius 1 is 1.27 bits per heavy atom. The van der Waals surface area contributed by atoms with Crippen molar-refractivity contribution in [3.8, 4) is 0 Å². The van der Waals surface area contributed by atoms with Gasteiger partial charge >= 0.3 is 0 Å². The van der Waals surface area contributed by atoms with E-state index in [1.165, 1.54) is 22.5 Å². The topological polar surface area (TPSA) is 86.7 Å². The molecule has 0 aromatic heterocycles. The van der Waals surface area contributed by atoms with E-state index >= 15 is 0 Å². The Balaban J connectivity index is 3.22. The van der Waals surface area contributed by atoms with Crippen LogP contribution in [0.3, 0.4) is 0 Å². The fraction of sp³-hybridized carbons (Fsp3) is 0.611. The van der Waals surface area contributed by atoms with Crippen LogP contribution in [0.25, 0.3) is 0 Å². The highest BCUT2D eigenvalue weighted by Gasteiger charge is 2.28. The number of nitrogens with zero attached hydrogens (tertiary/aromatic N) is 1. The van der Waals surface area contributed by atoms with Crippen LogP contribution in [0, 0.1) is 5.41 Å². The monoisotopic (exact) mass is 404 g/mol. The second-order valence-corrected chi connectivity index (χ2v) is 9.45. The molecule has 0 aliphatic rings. The van der Waals surface area contributed by atoms with Crippen molar-refractivity contribution in [1.82, 2.24) is 9.62 Å². The molecule has 1 atom stereocenters. The van der Waals surface area contributed by atoms with Gasteiger partial charge in [0.05, 0.1) is 5.02 Å². The molecular formula is C18H29ClN2O4S. The average Bonchev–Trinajstić information content (AvgIpc) is 2.54. The molecule has 8 heteroatoms. The Kier molecular flexibility index (Phi) is 8.07. The van der Waals surface area contributed by atoms with E-state index in [0.717, 1.165) is 0 Å². The maximum absolute atomic E-state index is 12.8. The van der Waals surface area contributed by atoms with Crippen molar-refractivity contribution in [2.24, 2.45) is 5.41 Å². The normalized spacial score (nSPS) is 13.7.